The molecule has 17 heavy (non-hydrogen) atoms. The summed E-state index contributed by atoms with van der Waals surface area (Å²) < 4.78 is 0. The quantitative estimate of drug-likeness (QED) is 0.903. The highest BCUT2D eigenvalue weighted by atomic mass is 32.1. The van der Waals surface area contributed by atoms with Gasteiger partial charge in [-0.25, -0.2) is 4.98 Å². The maximum atomic E-state index is 10.8. The number of nitrogens with zero attached hydrogens (tertiary/aromatic N) is 1. The van der Waals surface area contributed by atoms with Crippen molar-refractivity contribution in [3.8, 4) is 10.6 Å². The van der Waals surface area contributed by atoms with Gasteiger partial charge in [-0.2, -0.15) is 0 Å². The van der Waals surface area contributed by atoms with E-state index in [9.17, 15) is 4.79 Å². The lowest BCUT2D eigenvalue weighted by Gasteiger charge is -2.01. The number of hydrogen-bond acceptors (Lipinski definition) is 3. The van der Waals surface area contributed by atoms with E-state index < -0.39 is 5.97 Å². The highest BCUT2D eigenvalue weighted by Crippen LogP contribution is 2.24. The summed E-state index contributed by atoms with van der Waals surface area (Å²) in [4.78, 5) is 15.2. The number of thiazole rings is 1. The van der Waals surface area contributed by atoms with Crippen molar-refractivity contribution in [2.75, 3.05) is 0 Å². The number of aliphatic carboxylic acids is 1. The second-order valence-electron chi connectivity index (χ2n) is 3.95. The molecule has 1 atom stereocenters. The maximum Gasteiger partial charge on any atom is 0.306 e. The molecule has 1 unspecified atom stereocenters. The van der Waals surface area contributed by atoms with E-state index in [-0.39, 0.29) is 5.92 Å². The lowest BCUT2D eigenvalue weighted by molar-refractivity contribution is -0.141. The maximum absolute atomic E-state index is 10.8. The van der Waals surface area contributed by atoms with E-state index in [4.69, 9.17) is 5.11 Å². The van der Waals surface area contributed by atoms with Gasteiger partial charge in [0.25, 0.3) is 0 Å². The van der Waals surface area contributed by atoms with Crippen molar-refractivity contribution < 1.29 is 9.90 Å². The van der Waals surface area contributed by atoms with Gasteiger partial charge in [-0.15, -0.1) is 11.3 Å². The smallest absolute Gasteiger partial charge is 0.306 e. The topological polar surface area (TPSA) is 50.2 Å². The summed E-state index contributed by atoms with van der Waals surface area (Å²) in [6.07, 6.45) is 0.485. The predicted octanol–water partition coefficient (Wildman–Crippen LogP) is 3.07. The summed E-state index contributed by atoms with van der Waals surface area (Å²) >= 11 is 1.55. The molecule has 1 N–H and O–H groups in total. The SMILES string of the molecule is CC(Cc1csc(-c2ccccc2)n1)C(=O)O. The number of benzene rings is 1. The molecular weight excluding hydrogens is 234 g/mol. The van der Waals surface area contributed by atoms with Gasteiger partial charge in [0.2, 0.25) is 0 Å². The molecule has 0 aliphatic carbocycles. The van der Waals surface area contributed by atoms with Crippen molar-refractivity contribution in [2.45, 2.75) is 13.3 Å². The Morgan fingerprint density at radius 3 is 2.76 bits per heavy atom. The highest BCUT2D eigenvalue weighted by Gasteiger charge is 2.14. The summed E-state index contributed by atoms with van der Waals surface area (Å²) in [5, 5.41) is 11.7. The minimum Gasteiger partial charge on any atom is -0.481 e. The fourth-order valence-corrected chi connectivity index (χ4v) is 2.35. The molecule has 0 spiro atoms. The molecule has 2 rings (SSSR count). The van der Waals surface area contributed by atoms with Crippen molar-refractivity contribution in [1.82, 2.24) is 4.98 Å². The number of rotatable bonds is 4. The zero-order chi connectivity index (χ0) is 12.3. The summed E-state index contributed by atoms with van der Waals surface area (Å²) in [6, 6.07) is 9.91. The standard InChI is InChI=1S/C13H13NO2S/c1-9(13(15)16)7-11-8-17-12(14-11)10-5-3-2-4-6-10/h2-6,8-9H,7H2,1H3,(H,15,16). The molecule has 1 aromatic heterocycles. The second-order valence-corrected chi connectivity index (χ2v) is 4.81. The molecule has 1 aromatic carbocycles. The Morgan fingerprint density at radius 1 is 1.41 bits per heavy atom. The van der Waals surface area contributed by atoms with E-state index in [1.54, 1.807) is 18.3 Å². The monoisotopic (exact) mass is 247 g/mol. The van der Waals surface area contributed by atoms with Gasteiger partial charge in [-0.3, -0.25) is 4.79 Å². The van der Waals surface area contributed by atoms with Crippen LogP contribution in [0.1, 0.15) is 12.6 Å². The third-order valence-electron chi connectivity index (χ3n) is 2.51. The Kier molecular flexibility index (Phi) is 3.54. The first-order valence-electron chi connectivity index (χ1n) is 5.39. The van der Waals surface area contributed by atoms with Gasteiger partial charge < -0.3 is 5.11 Å². The first kappa shape index (κ1) is 11.8. The molecule has 0 amide bonds. The summed E-state index contributed by atoms with van der Waals surface area (Å²) in [5.74, 6) is -1.17. The van der Waals surface area contributed by atoms with E-state index >= 15 is 0 Å². The Labute approximate surface area is 104 Å². The first-order valence-corrected chi connectivity index (χ1v) is 6.27. The van der Waals surface area contributed by atoms with Crippen LogP contribution in [-0.4, -0.2) is 16.1 Å². The van der Waals surface area contributed by atoms with Gasteiger partial charge >= 0.3 is 5.97 Å². The van der Waals surface area contributed by atoms with Crippen molar-refractivity contribution in [2.24, 2.45) is 5.92 Å². The Morgan fingerprint density at radius 2 is 2.12 bits per heavy atom. The van der Waals surface area contributed by atoms with Crippen molar-refractivity contribution in [3.63, 3.8) is 0 Å². The number of hydrogen-bond donors (Lipinski definition) is 1. The van der Waals surface area contributed by atoms with Gasteiger partial charge in [0.15, 0.2) is 0 Å². The predicted molar refractivity (Wildman–Crippen MR) is 68.1 cm³/mol. The van der Waals surface area contributed by atoms with Crippen molar-refractivity contribution >= 4 is 17.3 Å². The van der Waals surface area contributed by atoms with Crippen LogP contribution < -0.4 is 0 Å². The Balaban J connectivity index is 2.14. The third kappa shape index (κ3) is 2.91. The molecular formula is C13H13NO2S. The molecule has 4 heteroatoms. The largest absolute Gasteiger partial charge is 0.481 e. The Hall–Kier alpha value is -1.68. The highest BCUT2D eigenvalue weighted by molar-refractivity contribution is 7.13. The van der Waals surface area contributed by atoms with Crippen LogP contribution in [0, 0.1) is 5.92 Å². The second kappa shape index (κ2) is 5.10. The van der Waals surface area contributed by atoms with Gasteiger partial charge in [0.1, 0.15) is 5.01 Å². The molecule has 0 saturated heterocycles. The van der Waals surface area contributed by atoms with Crippen LogP contribution >= 0.6 is 11.3 Å². The minimum atomic E-state index is -0.778. The van der Waals surface area contributed by atoms with Crippen molar-refractivity contribution in [3.05, 3.63) is 41.4 Å². The van der Waals surface area contributed by atoms with Crippen LogP contribution in [0.3, 0.4) is 0 Å². The lowest BCUT2D eigenvalue weighted by Crippen LogP contribution is -2.12. The summed E-state index contributed by atoms with van der Waals surface area (Å²) in [6.45, 7) is 1.70. The van der Waals surface area contributed by atoms with E-state index in [2.05, 4.69) is 4.98 Å². The van der Waals surface area contributed by atoms with Crippen LogP contribution in [-0.2, 0) is 11.2 Å². The normalized spacial score (nSPS) is 12.3. The number of carbonyl (C=O) groups is 1. The fraction of sp³-hybridized carbons (Fsp3) is 0.231. The van der Waals surface area contributed by atoms with Gasteiger partial charge in [0.05, 0.1) is 11.6 Å². The average Bonchev–Trinajstić information content (AvgIpc) is 2.78. The van der Waals surface area contributed by atoms with E-state index in [0.29, 0.717) is 6.42 Å². The average molecular weight is 247 g/mol. The molecule has 2 aromatic rings. The molecule has 1 heterocycles. The molecule has 0 bridgehead atoms. The molecule has 0 saturated carbocycles. The number of carboxylic acids is 1. The van der Waals surface area contributed by atoms with Crippen LogP contribution in [0.15, 0.2) is 35.7 Å². The molecule has 88 valence electrons. The number of aromatic nitrogens is 1. The number of carboxylic acid groups (broad SMARTS) is 1. The summed E-state index contributed by atoms with van der Waals surface area (Å²) in [7, 11) is 0. The molecule has 0 aliphatic heterocycles. The molecule has 0 fully saturated rings. The van der Waals surface area contributed by atoms with Crippen LogP contribution in [0.2, 0.25) is 0 Å². The molecule has 3 nitrogen and oxygen atoms in total. The van der Waals surface area contributed by atoms with Gasteiger partial charge in [-0.1, -0.05) is 37.3 Å². The zero-order valence-electron chi connectivity index (χ0n) is 9.46. The van der Waals surface area contributed by atoms with E-state index in [1.165, 1.54) is 0 Å². The van der Waals surface area contributed by atoms with Crippen LogP contribution in [0.25, 0.3) is 10.6 Å². The molecule has 0 radical (unpaired) electrons. The van der Waals surface area contributed by atoms with Gasteiger partial charge in [0, 0.05) is 17.4 Å². The van der Waals surface area contributed by atoms with E-state index in [1.807, 2.05) is 35.7 Å². The third-order valence-corrected chi connectivity index (χ3v) is 3.45. The summed E-state index contributed by atoms with van der Waals surface area (Å²) in [5.41, 5.74) is 1.93. The fourth-order valence-electron chi connectivity index (χ4n) is 1.52. The zero-order valence-corrected chi connectivity index (χ0v) is 10.3. The van der Waals surface area contributed by atoms with E-state index in [0.717, 1.165) is 16.3 Å². The lowest BCUT2D eigenvalue weighted by atomic mass is 10.1. The molecule has 0 aliphatic rings. The first-order chi connectivity index (χ1) is 8.16. The van der Waals surface area contributed by atoms with Gasteiger partial charge in [-0.05, 0) is 0 Å². The Bertz CT molecular complexity index is 507. The minimum absolute atomic E-state index is 0.388. The van der Waals surface area contributed by atoms with Crippen LogP contribution in [0.4, 0.5) is 0 Å². The van der Waals surface area contributed by atoms with Crippen molar-refractivity contribution in [1.29, 1.82) is 0 Å². The van der Waals surface area contributed by atoms with Crippen LogP contribution in [0.5, 0.6) is 0 Å².